The maximum atomic E-state index is 13.2. The van der Waals surface area contributed by atoms with Crippen molar-refractivity contribution in [2.45, 2.75) is 20.8 Å². The van der Waals surface area contributed by atoms with Crippen LogP contribution in [0, 0.1) is 20.8 Å². The Kier molecular flexibility index (Phi) is 5.52. The van der Waals surface area contributed by atoms with Gasteiger partial charge in [0.15, 0.2) is 5.11 Å². The van der Waals surface area contributed by atoms with Crippen molar-refractivity contribution < 1.29 is 14.0 Å². The molecule has 5 nitrogen and oxygen atoms in total. The summed E-state index contributed by atoms with van der Waals surface area (Å²) in [5, 5.41) is 3.23. The van der Waals surface area contributed by atoms with Crippen LogP contribution in [0.15, 0.2) is 58.5 Å². The summed E-state index contributed by atoms with van der Waals surface area (Å²) in [6.07, 6.45) is 1.43. The summed E-state index contributed by atoms with van der Waals surface area (Å²) in [5.41, 5.74) is 4.36. The van der Waals surface area contributed by atoms with E-state index in [4.69, 9.17) is 28.2 Å². The number of benzene rings is 2. The van der Waals surface area contributed by atoms with Gasteiger partial charge in [-0.15, -0.1) is 0 Å². The van der Waals surface area contributed by atoms with Gasteiger partial charge < -0.3 is 4.42 Å². The number of furan rings is 1. The lowest BCUT2D eigenvalue weighted by atomic mass is 10.1. The number of nitrogens with one attached hydrogen (secondary N) is 1. The van der Waals surface area contributed by atoms with Gasteiger partial charge in [0.2, 0.25) is 0 Å². The van der Waals surface area contributed by atoms with Crippen molar-refractivity contribution in [3.63, 3.8) is 0 Å². The van der Waals surface area contributed by atoms with Crippen LogP contribution >= 0.6 is 23.8 Å². The second kappa shape index (κ2) is 8.13. The summed E-state index contributed by atoms with van der Waals surface area (Å²) in [4.78, 5) is 27.1. The van der Waals surface area contributed by atoms with Crippen molar-refractivity contribution in [2.75, 3.05) is 4.90 Å². The van der Waals surface area contributed by atoms with Gasteiger partial charge in [0.05, 0.1) is 5.69 Å². The molecule has 0 unspecified atom stereocenters. The van der Waals surface area contributed by atoms with Crippen molar-refractivity contribution in [1.29, 1.82) is 0 Å². The molecule has 2 aromatic carbocycles. The highest BCUT2D eigenvalue weighted by Gasteiger charge is 2.35. The third-order valence-electron chi connectivity index (χ3n) is 4.94. The molecule has 2 amide bonds. The molecule has 0 atom stereocenters. The zero-order chi connectivity index (χ0) is 22.3. The number of anilines is 1. The van der Waals surface area contributed by atoms with Gasteiger partial charge in [-0.25, -0.2) is 0 Å². The third kappa shape index (κ3) is 4.17. The number of carbonyl (C=O) groups is 2. The highest BCUT2D eigenvalue weighted by Crippen LogP contribution is 2.30. The molecule has 1 aromatic heterocycles. The lowest BCUT2D eigenvalue weighted by Gasteiger charge is -2.29. The zero-order valence-electron chi connectivity index (χ0n) is 17.2. The van der Waals surface area contributed by atoms with E-state index >= 15 is 0 Å². The summed E-state index contributed by atoms with van der Waals surface area (Å²) in [6.45, 7) is 5.82. The first-order chi connectivity index (χ1) is 14.7. The Bertz CT molecular complexity index is 1260. The van der Waals surface area contributed by atoms with Crippen LogP contribution in [0.2, 0.25) is 5.02 Å². The quantitative estimate of drug-likeness (QED) is 0.331. The lowest BCUT2D eigenvalue weighted by molar-refractivity contribution is -0.122. The fourth-order valence-electron chi connectivity index (χ4n) is 3.55. The van der Waals surface area contributed by atoms with Gasteiger partial charge in [-0.1, -0.05) is 23.7 Å². The number of carbonyl (C=O) groups excluding carboxylic acids is 2. The van der Waals surface area contributed by atoms with Gasteiger partial charge in [-0.05, 0) is 92.2 Å². The van der Waals surface area contributed by atoms with Crippen LogP contribution in [0.3, 0.4) is 0 Å². The van der Waals surface area contributed by atoms with Crippen molar-refractivity contribution in [3.8, 4) is 11.3 Å². The molecule has 0 saturated carbocycles. The van der Waals surface area contributed by atoms with E-state index in [1.807, 2.05) is 57.2 Å². The standard InChI is InChI=1S/C24H19ClN2O3S/c1-13-8-14(2)10-17(9-13)27-23(29)20(22(28)26-24(27)31)12-18-6-7-21(30-18)19-11-16(25)5-4-15(19)3/h4-12H,1-3H3,(H,26,28,31)/b20-12+. The summed E-state index contributed by atoms with van der Waals surface area (Å²) in [6, 6.07) is 14.7. The summed E-state index contributed by atoms with van der Waals surface area (Å²) in [5.74, 6) is -0.0959. The van der Waals surface area contributed by atoms with E-state index in [2.05, 4.69) is 5.32 Å². The minimum atomic E-state index is -0.562. The molecule has 1 N–H and O–H groups in total. The minimum Gasteiger partial charge on any atom is -0.457 e. The molecule has 1 aliphatic heterocycles. The number of thiocarbonyl (C=S) groups is 1. The Labute approximate surface area is 190 Å². The van der Waals surface area contributed by atoms with Crippen molar-refractivity contribution in [3.05, 3.63) is 81.6 Å². The van der Waals surface area contributed by atoms with E-state index in [1.165, 1.54) is 11.0 Å². The molecule has 1 fully saturated rings. The monoisotopic (exact) mass is 450 g/mol. The molecule has 2 heterocycles. The van der Waals surface area contributed by atoms with Crippen LogP contribution < -0.4 is 10.2 Å². The Morgan fingerprint density at radius 2 is 1.71 bits per heavy atom. The fraction of sp³-hybridized carbons (Fsp3) is 0.125. The topological polar surface area (TPSA) is 62.6 Å². The van der Waals surface area contributed by atoms with Crippen LogP contribution in [0.4, 0.5) is 5.69 Å². The number of aryl methyl sites for hydroxylation is 3. The molecule has 0 spiro atoms. The smallest absolute Gasteiger partial charge is 0.270 e. The fourth-order valence-corrected chi connectivity index (χ4v) is 4.00. The Morgan fingerprint density at radius 3 is 2.42 bits per heavy atom. The largest absolute Gasteiger partial charge is 0.457 e. The maximum absolute atomic E-state index is 13.2. The average molecular weight is 451 g/mol. The predicted octanol–water partition coefficient (Wildman–Crippen LogP) is 5.36. The van der Waals surface area contributed by atoms with E-state index in [9.17, 15) is 9.59 Å². The highest BCUT2D eigenvalue weighted by molar-refractivity contribution is 7.80. The van der Waals surface area contributed by atoms with E-state index < -0.39 is 11.8 Å². The summed E-state index contributed by atoms with van der Waals surface area (Å²) >= 11 is 11.4. The molecule has 7 heteroatoms. The first kappa shape index (κ1) is 21.0. The van der Waals surface area contributed by atoms with E-state index in [1.54, 1.807) is 12.1 Å². The van der Waals surface area contributed by atoms with Gasteiger partial charge in [0, 0.05) is 10.6 Å². The average Bonchev–Trinajstić information content (AvgIpc) is 3.14. The summed E-state index contributed by atoms with van der Waals surface area (Å²) < 4.78 is 5.89. The lowest BCUT2D eigenvalue weighted by Crippen LogP contribution is -2.54. The van der Waals surface area contributed by atoms with Crippen molar-refractivity contribution in [2.24, 2.45) is 0 Å². The third-order valence-corrected chi connectivity index (χ3v) is 5.46. The van der Waals surface area contributed by atoms with Crippen LogP contribution in [0.1, 0.15) is 22.5 Å². The summed E-state index contributed by atoms with van der Waals surface area (Å²) in [7, 11) is 0. The van der Waals surface area contributed by atoms with Crippen LogP contribution in [-0.4, -0.2) is 16.9 Å². The molecule has 3 aromatic rings. The number of hydrogen-bond acceptors (Lipinski definition) is 4. The van der Waals surface area contributed by atoms with Crippen LogP contribution in [0.5, 0.6) is 0 Å². The Morgan fingerprint density at radius 1 is 1.00 bits per heavy atom. The Balaban J connectivity index is 1.71. The van der Waals surface area contributed by atoms with Crippen molar-refractivity contribution >= 4 is 52.5 Å². The van der Waals surface area contributed by atoms with E-state index in [-0.39, 0.29) is 10.7 Å². The van der Waals surface area contributed by atoms with Crippen molar-refractivity contribution in [1.82, 2.24) is 5.32 Å². The zero-order valence-corrected chi connectivity index (χ0v) is 18.7. The molecular formula is C24H19ClN2O3S. The maximum Gasteiger partial charge on any atom is 0.270 e. The molecule has 1 aliphatic rings. The van der Waals surface area contributed by atoms with Gasteiger partial charge in [0.1, 0.15) is 17.1 Å². The molecule has 4 rings (SSSR count). The molecule has 156 valence electrons. The van der Waals surface area contributed by atoms with Gasteiger partial charge >= 0.3 is 0 Å². The number of amides is 2. The SMILES string of the molecule is Cc1cc(C)cc(N2C(=O)/C(=C/c3ccc(-c4cc(Cl)ccc4C)o3)C(=O)NC2=S)c1. The first-order valence-corrected chi connectivity index (χ1v) is 10.4. The molecule has 0 radical (unpaired) electrons. The van der Waals surface area contributed by atoms with Gasteiger partial charge in [-0.3, -0.25) is 19.8 Å². The highest BCUT2D eigenvalue weighted by atomic mass is 35.5. The predicted molar refractivity (Wildman–Crippen MR) is 126 cm³/mol. The second-order valence-corrected chi connectivity index (χ2v) is 8.29. The Hall–Kier alpha value is -3.22. The van der Waals surface area contributed by atoms with Crippen LogP contribution in [0.25, 0.3) is 17.4 Å². The number of rotatable bonds is 3. The second-order valence-electron chi connectivity index (χ2n) is 7.47. The van der Waals surface area contributed by atoms with Gasteiger partial charge in [0.25, 0.3) is 11.8 Å². The minimum absolute atomic E-state index is 0.0480. The van der Waals surface area contributed by atoms with E-state index in [0.717, 1.165) is 22.3 Å². The first-order valence-electron chi connectivity index (χ1n) is 9.59. The molecular weight excluding hydrogens is 432 g/mol. The number of halogens is 1. The van der Waals surface area contributed by atoms with Gasteiger partial charge in [-0.2, -0.15) is 0 Å². The number of hydrogen-bond donors (Lipinski definition) is 1. The van der Waals surface area contributed by atoms with Crippen LogP contribution in [-0.2, 0) is 9.59 Å². The number of nitrogens with zero attached hydrogens (tertiary/aromatic N) is 1. The van der Waals surface area contributed by atoms with E-state index in [0.29, 0.717) is 22.2 Å². The molecule has 0 aliphatic carbocycles. The molecule has 1 saturated heterocycles. The normalized spacial score (nSPS) is 15.5. The molecule has 0 bridgehead atoms. The molecule has 31 heavy (non-hydrogen) atoms.